The Hall–Kier alpha value is -3.35. The quantitative estimate of drug-likeness (QED) is 0.691. The van der Waals surface area contributed by atoms with Gasteiger partial charge in [0.25, 0.3) is 0 Å². The van der Waals surface area contributed by atoms with Gasteiger partial charge in [-0.15, -0.1) is 0 Å². The second kappa shape index (κ2) is 6.34. The maximum absolute atomic E-state index is 13.3. The first-order chi connectivity index (χ1) is 14.0. The number of nitrogens with zero attached hydrogens (tertiary/aromatic N) is 3. The highest BCUT2D eigenvalue weighted by Crippen LogP contribution is 2.49. The van der Waals surface area contributed by atoms with Gasteiger partial charge in [0.2, 0.25) is 11.8 Å². The molecule has 5 rings (SSSR count). The van der Waals surface area contributed by atoms with Gasteiger partial charge in [-0.25, -0.2) is 4.98 Å². The van der Waals surface area contributed by atoms with Crippen LogP contribution in [0.3, 0.4) is 0 Å². The number of hydrogen-bond acceptors (Lipinski definition) is 4. The third kappa shape index (κ3) is 2.76. The van der Waals surface area contributed by atoms with E-state index in [9.17, 15) is 9.59 Å². The molecule has 7 nitrogen and oxygen atoms in total. The number of rotatable bonds is 4. The molecule has 2 bridgehead atoms. The van der Waals surface area contributed by atoms with Crippen molar-refractivity contribution in [1.82, 2.24) is 14.3 Å². The number of para-hydroxylation sites is 1. The lowest BCUT2D eigenvalue weighted by molar-refractivity contribution is -0.175. The number of fused-ring (bicyclic) bond motifs is 5. The molecule has 0 aliphatic carbocycles. The summed E-state index contributed by atoms with van der Waals surface area (Å²) in [6.07, 6.45) is 4.99. The maximum atomic E-state index is 13.3. The molecule has 1 saturated heterocycles. The van der Waals surface area contributed by atoms with Crippen LogP contribution in [0.2, 0.25) is 0 Å². The van der Waals surface area contributed by atoms with Crippen LogP contribution in [0, 0.1) is 5.92 Å². The van der Waals surface area contributed by atoms with Crippen LogP contribution >= 0.6 is 0 Å². The summed E-state index contributed by atoms with van der Waals surface area (Å²) in [6.45, 7) is 2.31. The van der Waals surface area contributed by atoms with Gasteiger partial charge in [-0.05, 0) is 30.7 Å². The highest BCUT2D eigenvalue weighted by Gasteiger charge is 2.55. The van der Waals surface area contributed by atoms with Crippen molar-refractivity contribution in [3.05, 3.63) is 66.1 Å². The van der Waals surface area contributed by atoms with E-state index < -0.39 is 17.6 Å². The fourth-order valence-corrected chi connectivity index (χ4v) is 4.71. The van der Waals surface area contributed by atoms with Crippen molar-refractivity contribution < 1.29 is 14.3 Å². The fraction of sp³-hybridized carbons (Fsp3) is 0.318. The summed E-state index contributed by atoms with van der Waals surface area (Å²) in [7, 11) is 0. The van der Waals surface area contributed by atoms with E-state index in [1.54, 1.807) is 4.90 Å². The fourth-order valence-electron chi connectivity index (χ4n) is 4.71. The predicted octanol–water partition coefficient (Wildman–Crippen LogP) is 2.10. The number of benzene rings is 1. The number of carbonyl (C=O) groups is 2. The minimum Gasteiger partial charge on any atom is -0.468 e. The number of hydrogen-bond donors (Lipinski definition) is 1. The molecule has 4 heterocycles. The van der Waals surface area contributed by atoms with E-state index in [4.69, 9.17) is 10.5 Å². The van der Waals surface area contributed by atoms with Gasteiger partial charge in [0.15, 0.2) is 5.72 Å². The van der Waals surface area contributed by atoms with Gasteiger partial charge >= 0.3 is 0 Å². The van der Waals surface area contributed by atoms with Crippen LogP contribution in [0.5, 0.6) is 5.75 Å². The molecule has 1 aromatic carbocycles. The highest BCUT2D eigenvalue weighted by atomic mass is 16.5. The Balaban J connectivity index is 1.47. The van der Waals surface area contributed by atoms with Gasteiger partial charge in [-0.1, -0.05) is 24.3 Å². The topological polar surface area (TPSA) is 89.9 Å². The summed E-state index contributed by atoms with van der Waals surface area (Å²) in [6, 6.07) is 13.4. The second-order valence-electron chi connectivity index (χ2n) is 7.94. The molecule has 7 heteroatoms. The van der Waals surface area contributed by atoms with E-state index in [1.165, 1.54) is 0 Å². The van der Waals surface area contributed by atoms with E-state index in [1.807, 2.05) is 66.2 Å². The smallest absolute Gasteiger partial charge is 0.238 e. The SMILES string of the molecule is C[C@@]12C[C@@H](c3ccccc3O1)[C@@H](C(N)=O)C(=O)N2CCc1cn2ccccc2n1. The first kappa shape index (κ1) is 17.7. The number of amides is 2. The van der Waals surface area contributed by atoms with Crippen LogP contribution in [-0.2, 0) is 16.0 Å². The maximum Gasteiger partial charge on any atom is 0.238 e. The molecule has 29 heavy (non-hydrogen) atoms. The molecular formula is C22H22N4O3. The number of primary amides is 1. The zero-order valence-corrected chi connectivity index (χ0v) is 16.1. The number of ether oxygens (including phenoxy) is 1. The van der Waals surface area contributed by atoms with Crippen LogP contribution in [0.4, 0.5) is 0 Å². The van der Waals surface area contributed by atoms with Crippen molar-refractivity contribution in [3.8, 4) is 5.75 Å². The number of piperidine rings is 1. The molecule has 2 aliphatic rings. The summed E-state index contributed by atoms with van der Waals surface area (Å²) in [5, 5.41) is 0. The van der Waals surface area contributed by atoms with Gasteiger partial charge in [0.1, 0.15) is 17.3 Å². The largest absolute Gasteiger partial charge is 0.468 e. The lowest BCUT2D eigenvalue weighted by Gasteiger charge is -2.52. The number of likely N-dealkylation sites (tertiary alicyclic amines) is 1. The van der Waals surface area contributed by atoms with Crippen molar-refractivity contribution in [2.24, 2.45) is 11.7 Å². The Bertz CT molecular complexity index is 1090. The molecule has 3 atom stereocenters. The van der Waals surface area contributed by atoms with Gasteiger partial charge in [0.05, 0.1) is 5.69 Å². The summed E-state index contributed by atoms with van der Waals surface area (Å²) in [4.78, 5) is 31.8. The average molecular weight is 390 g/mol. The number of carbonyl (C=O) groups excluding carboxylic acids is 2. The van der Waals surface area contributed by atoms with Gasteiger partial charge in [-0.3, -0.25) is 9.59 Å². The molecule has 148 valence electrons. The van der Waals surface area contributed by atoms with Crippen molar-refractivity contribution >= 4 is 17.5 Å². The zero-order chi connectivity index (χ0) is 20.2. The summed E-state index contributed by atoms with van der Waals surface area (Å²) >= 11 is 0. The molecule has 0 spiro atoms. The minimum atomic E-state index is -0.880. The van der Waals surface area contributed by atoms with Crippen molar-refractivity contribution in [2.75, 3.05) is 6.54 Å². The van der Waals surface area contributed by atoms with Crippen molar-refractivity contribution in [3.63, 3.8) is 0 Å². The Morgan fingerprint density at radius 2 is 2.07 bits per heavy atom. The monoisotopic (exact) mass is 390 g/mol. The highest BCUT2D eigenvalue weighted by molar-refractivity contribution is 6.01. The van der Waals surface area contributed by atoms with E-state index in [2.05, 4.69) is 4.98 Å². The summed E-state index contributed by atoms with van der Waals surface area (Å²) in [5.41, 5.74) is 7.46. The molecule has 0 radical (unpaired) electrons. The van der Waals surface area contributed by atoms with Crippen LogP contribution in [0.1, 0.15) is 30.5 Å². The molecule has 3 aromatic rings. The standard InChI is InChI=1S/C22H22N4O3/c1-22-12-16(15-6-2-3-7-17(15)29-22)19(20(23)27)21(28)26(22)11-9-14-13-25-10-5-4-8-18(25)24-14/h2-8,10,13,16,19H,9,11-12H2,1H3,(H2,23,27)/t16-,19-,22-/m0/s1. The molecule has 1 fully saturated rings. The Kier molecular flexibility index (Phi) is 3.87. The first-order valence-electron chi connectivity index (χ1n) is 9.78. The number of nitrogens with two attached hydrogens (primary N) is 1. The van der Waals surface area contributed by atoms with E-state index >= 15 is 0 Å². The average Bonchev–Trinajstić information content (AvgIpc) is 3.10. The number of pyridine rings is 1. The van der Waals surface area contributed by atoms with Gasteiger partial charge < -0.3 is 19.8 Å². The van der Waals surface area contributed by atoms with Gasteiger partial charge in [-0.2, -0.15) is 0 Å². The van der Waals surface area contributed by atoms with Crippen LogP contribution in [0.25, 0.3) is 5.65 Å². The Morgan fingerprint density at radius 1 is 1.28 bits per heavy atom. The number of aromatic nitrogens is 2. The summed E-state index contributed by atoms with van der Waals surface area (Å²) < 4.78 is 8.23. The van der Waals surface area contributed by atoms with Crippen LogP contribution < -0.4 is 10.5 Å². The molecular weight excluding hydrogens is 368 g/mol. The Morgan fingerprint density at radius 3 is 2.86 bits per heavy atom. The Labute approximate surface area is 168 Å². The predicted molar refractivity (Wildman–Crippen MR) is 106 cm³/mol. The van der Waals surface area contributed by atoms with Crippen molar-refractivity contribution in [2.45, 2.75) is 31.4 Å². The molecule has 2 amide bonds. The second-order valence-corrected chi connectivity index (χ2v) is 7.94. The number of imidazole rings is 1. The van der Waals surface area contributed by atoms with Crippen LogP contribution in [0.15, 0.2) is 54.9 Å². The van der Waals surface area contributed by atoms with Crippen molar-refractivity contribution in [1.29, 1.82) is 0 Å². The zero-order valence-electron chi connectivity index (χ0n) is 16.1. The molecule has 2 aliphatic heterocycles. The van der Waals surface area contributed by atoms with Crippen LogP contribution in [-0.4, -0.2) is 38.4 Å². The normalized spacial score (nSPS) is 25.6. The lowest BCUT2D eigenvalue weighted by Crippen LogP contribution is -2.64. The minimum absolute atomic E-state index is 0.263. The van der Waals surface area contributed by atoms with E-state index in [-0.39, 0.29) is 11.8 Å². The third-order valence-corrected chi connectivity index (χ3v) is 6.06. The summed E-state index contributed by atoms with van der Waals surface area (Å²) in [5.74, 6) is -1.29. The van der Waals surface area contributed by atoms with E-state index in [0.29, 0.717) is 25.1 Å². The molecule has 2 N–H and O–H groups in total. The van der Waals surface area contributed by atoms with E-state index in [0.717, 1.165) is 16.9 Å². The molecule has 0 saturated carbocycles. The van der Waals surface area contributed by atoms with Gasteiger partial charge in [0, 0.05) is 37.7 Å². The lowest BCUT2D eigenvalue weighted by atomic mass is 9.73. The first-order valence-corrected chi connectivity index (χ1v) is 9.78. The molecule has 0 unspecified atom stereocenters. The third-order valence-electron chi connectivity index (χ3n) is 6.06. The molecule has 2 aromatic heterocycles.